The highest BCUT2D eigenvalue weighted by atomic mass is 35.5. The van der Waals surface area contributed by atoms with Crippen molar-refractivity contribution in [1.29, 1.82) is 0 Å². The van der Waals surface area contributed by atoms with Crippen molar-refractivity contribution in [2.75, 3.05) is 6.54 Å². The smallest absolute Gasteiger partial charge is 0.224 e. The fraction of sp³-hybridized carbons (Fsp3) is 0.273. The molecule has 0 aliphatic heterocycles. The highest BCUT2D eigenvalue weighted by Gasteiger charge is 2.03. The fourth-order valence-electron chi connectivity index (χ4n) is 1.15. The van der Waals surface area contributed by atoms with Crippen LogP contribution in [0.4, 0.5) is 4.39 Å². The van der Waals surface area contributed by atoms with Crippen molar-refractivity contribution in [3.05, 3.63) is 35.6 Å². The van der Waals surface area contributed by atoms with Gasteiger partial charge in [-0.3, -0.25) is 9.59 Å². The molecule has 0 aliphatic rings. The summed E-state index contributed by atoms with van der Waals surface area (Å²) in [6.45, 7) is 0.225. The molecular weight excluding hydrogens is 233 g/mol. The molecule has 0 bridgehead atoms. The molecule has 0 aromatic heterocycles. The first-order valence-electron chi connectivity index (χ1n) is 4.77. The van der Waals surface area contributed by atoms with E-state index in [2.05, 4.69) is 5.32 Å². The molecule has 5 heteroatoms. The van der Waals surface area contributed by atoms with Crippen LogP contribution in [0.5, 0.6) is 0 Å². The van der Waals surface area contributed by atoms with E-state index in [-0.39, 0.29) is 31.1 Å². The molecule has 1 amide bonds. The van der Waals surface area contributed by atoms with E-state index in [0.717, 1.165) is 5.56 Å². The molecule has 0 unspecified atom stereocenters. The average Bonchev–Trinajstić information content (AvgIpc) is 2.21. The van der Waals surface area contributed by atoms with Crippen molar-refractivity contribution in [2.45, 2.75) is 12.8 Å². The Kier molecular flexibility index (Phi) is 4.92. The van der Waals surface area contributed by atoms with Gasteiger partial charge in [-0.1, -0.05) is 12.1 Å². The Hall–Kier alpha value is -1.42. The molecule has 0 fully saturated rings. The summed E-state index contributed by atoms with van der Waals surface area (Å²) in [4.78, 5) is 21.7. The average molecular weight is 244 g/mol. The van der Waals surface area contributed by atoms with Crippen LogP contribution in [0.2, 0.25) is 0 Å². The van der Waals surface area contributed by atoms with E-state index in [1.807, 2.05) is 0 Å². The van der Waals surface area contributed by atoms with Gasteiger partial charge in [0, 0.05) is 13.0 Å². The lowest BCUT2D eigenvalue weighted by Gasteiger charge is -2.03. The van der Waals surface area contributed by atoms with Crippen molar-refractivity contribution in [2.24, 2.45) is 0 Å². The minimum absolute atomic E-state index is 0.108. The lowest BCUT2D eigenvalue weighted by atomic mass is 10.1. The topological polar surface area (TPSA) is 46.2 Å². The second kappa shape index (κ2) is 6.23. The van der Waals surface area contributed by atoms with Crippen molar-refractivity contribution < 1.29 is 14.0 Å². The van der Waals surface area contributed by atoms with Crippen LogP contribution in [0.3, 0.4) is 0 Å². The van der Waals surface area contributed by atoms with Crippen molar-refractivity contribution in [3.8, 4) is 0 Å². The zero-order valence-electron chi connectivity index (χ0n) is 8.50. The maximum Gasteiger partial charge on any atom is 0.224 e. The third kappa shape index (κ3) is 4.89. The monoisotopic (exact) mass is 243 g/mol. The fourth-order valence-corrected chi connectivity index (χ4v) is 1.24. The van der Waals surface area contributed by atoms with Crippen LogP contribution in [-0.2, 0) is 16.0 Å². The van der Waals surface area contributed by atoms with E-state index in [1.54, 1.807) is 12.1 Å². The van der Waals surface area contributed by atoms with Gasteiger partial charge in [0.05, 0.1) is 6.42 Å². The number of halogens is 2. The molecule has 16 heavy (non-hydrogen) atoms. The van der Waals surface area contributed by atoms with Crippen molar-refractivity contribution >= 4 is 22.8 Å². The van der Waals surface area contributed by atoms with Crippen LogP contribution in [0, 0.1) is 5.82 Å². The van der Waals surface area contributed by atoms with E-state index in [1.165, 1.54) is 12.1 Å². The van der Waals surface area contributed by atoms with Gasteiger partial charge in [0.1, 0.15) is 5.82 Å². The summed E-state index contributed by atoms with van der Waals surface area (Å²) in [5, 5.41) is 2.05. The molecular formula is C11H11ClFNO2. The van der Waals surface area contributed by atoms with Crippen LogP contribution >= 0.6 is 11.6 Å². The Bertz CT molecular complexity index is 378. The SMILES string of the molecule is O=C(Cl)CCNC(=O)Cc1ccc(F)cc1. The van der Waals surface area contributed by atoms with Crippen LogP contribution in [0.1, 0.15) is 12.0 Å². The standard InChI is InChI=1S/C11H11ClFNO2/c12-10(15)5-6-14-11(16)7-8-1-3-9(13)4-2-8/h1-4H,5-7H2,(H,14,16). The van der Waals surface area contributed by atoms with Gasteiger partial charge in [0.25, 0.3) is 0 Å². The molecule has 1 N–H and O–H groups in total. The summed E-state index contributed by atoms with van der Waals surface area (Å²) in [7, 11) is 0. The molecule has 0 atom stereocenters. The van der Waals surface area contributed by atoms with E-state index < -0.39 is 5.24 Å². The highest BCUT2D eigenvalue weighted by Crippen LogP contribution is 2.03. The molecule has 1 rings (SSSR count). The van der Waals surface area contributed by atoms with Gasteiger partial charge in [-0.05, 0) is 29.3 Å². The van der Waals surface area contributed by atoms with Gasteiger partial charge in [0.2, 0.25) is 11.1 Å². The minimum atomic E-state index is -0.484. The zero-order chi connectivity index (χ0) is 12.0. The largest absolute Gasteiger partial charge is 0.355 e. The summed E-state index contributed by atoms with van der Waals surface area (Å²) in [5.74, 6) is -0.554. The second-order valence-electron chi connectivity index (χ2n) is 3.26. The Morgan fingerprint density at radius 2 is 1.88 bits per heavy atom. The Labute approximate surface area is 97.6 Å². The Morgan fingerprint density at radius 3 is 2.44 bits per heavy atom. The maximum absolute atomic E-state index is 12.6. The molecule has 86 valence electrons. The molecule has 0 saturated carbocycles. The van der Waals surface area contributed by atoms with Crippen LogP contribution in [0.15, 0.2) is 24.3 Å². The maximum atomic E-state index is 12.6. The Morgan fingerprint density at radius 1 is 1.25 bits per heavy atom. The predicted octanol–water partition coefficient (Wildman–Crippen LogP) is 1.64. The van der Waals surface area contributed by atoms with Crippen molar-refractivity contribution in [3.63, 3.8) is 0 Å². The van der Waals surface area contributed by atoms with Gasteiger partial charge in [-0.15, -0.1) is 0 Å². The van der Waals surface area contributed by atoms with Gasteiger partial charge >= 0.3 is 0 Å². The van der Waals surface area contributed by atoms with Crippen LogP contribution < -0.4 is 5.32 Å². The number of hydrogen-bond donors (Lipinski definition) is 1. The van der Waals surface area contributed by atoms with Gasteiger partial charge in [0.15, 0.2) is 0 Å². The number of nitrogens with one attached hydrogen (secondary N) is 1. The Balaban J connectivity index is 2.34. The molecule has 0 saturated heterocycles. The lowest BCUT2D eigenvalue weighted by molar-refractivity contribution is -0.120. The number of carbonyl (C=O) groups excluding carboxylic acids is 2. The third-order valence-corrected chi connectivity index (χ3v) is 2.11. The van der Waals surface area contributed by atoms with Gasteiger partial charge in [-0.25, -0.2) is 4.39 Å². The molecule has 0 heterocycles. The van der Waals surface area contributed by atoms with E-state index in [4.69, 9.17) is 11.6 Å². The van der Waals surface area contributed by atoms with Gasteiger partial charge in [-0.2, -0.15) is 0 Å². The van der Waals surface area contributed by atoms with Crippen molar-refractivity contribution in [1.82, 2.24) is 5.32 Å². The van der Waals surface area contributed by atoms with E-state index in [9.17, 15) is 14.0 Å². The summed E-state index contributed by atoms with van der Waals surface area (Å²) < 4.78 is 12.6. The molecule has 0 spiro atoms. The highest BCUT2D eigenvalue weighted by molar-refractivity contribution is 6.63. The summed E-state index contributed by atoms with van der Waals surface area (Å²) in [5.41, 5.74) is 0.719. The zero-order valence-corrected chi connectivity index (χ0v) is 9.26. The first kappa shape index (κ1) is 12.6. The number of hydrogen-bond acceptors (Lipinski definition) is 2. The van der Waals surface area contributed by atoms with E-state index in [0.29, 0.717) is 0 Å². The number of carbonyl (C=O) groups is 2. The number of rotatable bonds is 5. The quantitative estimate of drug-likeness (QED) is 0.800. The van der Waals surface area contributed by atoms with Gasteiger partial charge < -0.3 is 5.32 Å². The molecule has 3 nitrogen and oxygen atoms in total. The van der Waals surface area contributed by atoms with Crippen LogP contribution in [0.25, 0.3) is 0 Å². The third-order valence-electron chi connectivity index (χ3n) is 1.92. The van der Waals surface area contributed by atoms with Crippen LogP contribution in [-0.4, -0.2) is 17.7 Å². The first-order valence-corrected chi connectivity index (χ1v) is 5.15. The summed E-state index contributed by atoms with van der Waals surface area (Å²) in [6.07, 6.45) is 0.271. The molecule has 0 radical (unpaired) electrons. The first-order chi connectivity index (χ1) is 7.58. The second-order valence-corrected chi connectivity index (χ2v) is 3.68. The lowest BCUT2D eigenvalue weighted by Crippen LogP contribution is -2.26. The summed E-state index contributed by atoms with van der Waals surface area (Å²) >= 11 is 5.11. The van der Waals surface area contributed by atoms with E-state index >= 15 is 0 Å². The normalized spacial score (nSPS) is 9.88. The predicted molar refractivity (Wildman–Crippen MR) is 58.6 cm³/mol. The molecule has 0 aliphatic carbocycles. The minimum Gasteiger partial charge on any atom is -0.355 e. The number of amides is 1. The molecule has 1 aromatic carbocycles. The number of benzene rings is 1. The molecule has 1 aromatic rings. The summed E-state index contributed by atoms with van der Waals surface area (Å²) in [6, 6.07) is 5.68.